The molecule has 0 bridgehead atoms. The summed E-state index contributed by atoms with van der Waals surface area (Å²) in [5, 5.41) is 0.683. The lowest BCUT2D eigenvalue weighted by Gasteiger charge is -2.36. The maximum atomic E-state index is 13.1. The molecule has 0 aromatic heterocycles. The molecule has 0 aliphatic carbocycles. The van der Waals surface area contributed by atoms with E-state index in [4.69, 9.17) is 25.8 Å². The Morgan fingerprint density at radius 1 is 0.848 bits per heavy atom. The zero-order valence-corrected chi connectivity index (χ0v) is 19.5. The van der Waals surface area contributed by atoms with E-state index < -0.39 is 0 Å². The molecular formula is C26H27ClN2O4. The van der Waals surface area contributed by atoms with Gasteiger partial charge in [-0.25, -0.2) is 0 Å². The van der Waals surface area contributed by atoms with E-state index in [0.29, 0.717) is 41.8 Å². The maximum Gasteiger partial charge on any atom is 0.254 e. The number of hydrogen-bond acceptors (Lipinski definition) is 5. The van der Waals surface area contributed by atoms with Crippen LogP contribution in [-0.4, -0.2) is 51.2 Å². The molecule has 1 heterocycles. The third-order valence-corrected chi connectivity index (χ3v) is 5.96. The van der Waals surface area contributed by atoms with Crippen molar-refractivity contribution in [1.82, 2.24) is 4.90 Å². The molecule has 3 aromatic rings. The van der Waals surface area contributed by atoms with Gasteiger partial charge in [-0.2, -0.15) is 0 Å². The maximum absolute atomic E-state index is 13.1. The number of piperazine rings is 1. The molecule has 1 fully saturated rings. The Hall–Kier alpha value is -3.38. The van der Waals surface area contributed by atoms with Gasteiger partial charge in [0.15, 0.2) is 11.5 Å². The number of benzene rings is 3. The summed E-state index contributed by atoms with van der Waals surface area (Å²) in [4.78, 5) is 17.2. The first-order valence-corrected chi connectivity index (χ1v) is 11.2. The second-order valence-corrected chi connectivity index (χ2v) is 8.17. The summed E-state index contributed by atoms with van der Waals surface area (Å²) in [5.74, 6) is 1.95. The first-order valence-electron chi connectivity index (χ1n) is 10.8. The number of halogens is 1. The van der Waals surface area contributed by atoms with Crippen LogP contribution in [0.2, 0.25) is 5.02 Å². The molecule has 1 saturated heterocycles. The van der Waals surface area contributed by atoms with Gasteiger partial charge in [-0.05, 0) is 48.0 Å². The molecule has 0 radical (unpaired) electrons. The van der Waals surface area contributed by atoms with E-state index in [1.807, 2.05) is 53.4 Å². The topological polar surface area (TPSA) is 51.2 Å². The van der Waals surface area contributed by atoms with Gasteiger partial charge < -0.3 is 24.0 Å². The Balaban J connectivity index is 1.39. The van der Waals surface area contributed by atoms with Crippen LogP contribution in [0.5, 0.6) is 17.2 Å². The summed E-state index contributed by atoms with van der Waals surface area (Å²) in [6.07, 6.45) is 0. The summed E-state index contributed by atoms with van der Waals surface area (Å²) in [6, 6.07) is 20.7. The molecule has 1 amide bonds. The monoisotopic (exact) mass is 466 g/mol. The third kappa shape index (κ3) is 5.34. The van der Waals surface area contributed by atoms with E-state index in [-0.39, 0.29) is 5.91 Å². The number of nitrogens with zero attached hydrogens (tertiary/aromatic N) is 2. The molecule has 0 spiro atoms. The fourth-order valence-electron chi connectivity index (χ4n) is 3.89. The Morgan fingerprint density at radius 2 is 1.55 bits per heavy atom. The highest BCUT2D eigenvalue weighted by Crippen LogP contribution is 2.31. The molecule has 172 valence electrons. The first kappa shape index (κ1) is 22.8. The average molecular weight is 467 g/mol. The molecule has 0 atom stereocenters. The minimum absolute atomic E-state index is 0.0165. The molecular weight excluding hydrogens is 440 g/mol. The molecule has 0 N–H and O–H groups in total. The molecule has 0 unspecified atom stereocenters. The zero-order valence-electron chi connectivity index (χ0n) is 18.8. The fraction of sp³-hybridized carbons (Fsp3) is 0.269. The quantitative estimate of drug-likeness (QED) is 0.495. The van der Waals surface area contributed by atoms with E-state index in [2.05, 4.69) is 4.90 Å². The molecule has 6 nitrogen and oxygen atoms in total. The SMILES string of the molecule is COc1cc(C(=O)N2CCN(c3ccccc3OC)CC2)ccc1OCc1ccc(Cl)cc1. The minimum atomic E-state index is -0.0165. The largest absolute Gasteiger partial charge is 0.495 e. The molecule has 3 aromatic carbocycles. The second kappa shape index (κ2) is 10.5. The first-order chi connectivity index (χ1) is 16.1. The van der Waals surface area contributed by atoms with Gasteiger partial charge in [0.1, 0.15) is 12.4 Å². The Kier molecular flexibility index (Phi) is 7.25. The van der Waals surface area contributed by atoms with Gasteiger partial charge in [0, 0.05) is 36.8 Å². The Morgan fingerprint density at radius 3 is 2.24 bits per heavy atom. The molecule has 7 heteroatoms. The average Bonchev–Trinajstić information content (AvgIpc) is 2.88. The van der Waals surface area contributed by atoms with Crippen molar-refractivity contribution in [3.05, 3.63) is 82.9 Å². The third-order valence-electron chi connectivity index (χ3n) is 5.71. The summed E-state index contributed by atoms with van der Waals surface area (Å²) < 4.78 is 16.9. The number of carbonyl (C=O) groups is 1. The van der Waals surface area contributed by atoms with E-state index in [9.17, 15) is 4.79 Å². The summed E-state index contributed by atoms with van der Waals surface area (Å²) in [7, 11) is 3.25. The molecule has 1 aliphatic heterocycles. The van der Waals surface area contributed by atoms with Crippen LogP contribution in [0, 0.1) is 0 Å². The second-order valence-electron chi connectivity index (χ2n) is 7.73. The van der Waals surface area contributed by atoms with Crippen molar-refractivity contribution >= 4 is 23.2 Å². The van der Waals surface area contributed by atoms with Crippen molar-refractivity contribution in [2.45, 2.75) is 6.61 Å². The van der Waals surface area contributed by atoms with Crippen LogP contribution in [0.4, 0.5) is 5.69 Å². The van der Waals surface area contributed by atoms with Crippen LogP contribution in [0.3, 0.4) is 0 Å². The van der Waals surface area contributed by atoms with Crippen LogP contribution >= 0.6 is 11.6 Å². The van der Waals surface area contributed by atoms with Crippen molar-refractivity contribution in [1.29, 1.82) is 0 Å². The fourth-order valence-corrected chi connectivity index (χ4v) is 4.01. The van der Waals surface area contributed by atoms with Gasteiger partial charge >= 0.3 is 0 Å². The van der Waals surface area contributed by atoms with Crippen molar-refractivity contribution in [2.75, 3.05) is 45.3 Å². The highest BCUT2D eigenvalue weighted by atomic mass is 35.5. The van der Waals surface area contributed by atoms with Crippen molar-refractivity contribution in [3.8, 4) is 17.2 Å². The standard InChI is InChI=1S/C26H27ClN2O4/c1-31-23-6-4-3-5-22(23)28-13-15-29(16-14-28)26(30)20-9-12-24(25(17-20)32-2)33-18-19-7-10-21(27)11-8-19/h3-12,17H,13-16,18H2,1-2H3. The lowest BCUT2D eigenvalue weighted by Crippen LogP contribution is -2.48. The molecule has 4 rings (SSSR count). The summed E-state index contributed by atoms with van der Waals surface area (Å²) >= 11 is 5.94. The van der Waals surface area contributed by atoms with Gasteiger partial charge in [-0.1, -0.05) is 35.9 Å². The number of ether oxygens (including phenoxy) is 3. The van der Waals surface area contributed by atoms with Crippen molar-refractivity contribution in [2.24, 2.45) is 0 Å². The minimum Gasteiger partial charge on any atom is -0.495 e. The highest BCUT2D eigenvalue weighted by molar-refractivity contribution is 6.30. The number of amides is 1. The van der Waals surface area contributed by atoms with Crippen LogP contribution in [0.15, 0.2) is 66.7 Å². The number of carbonyl (C=O) groups excluding carboxylic acids is 1. The van der Waals surface area contributed by atoms with Crippen LogP contribution in [0.25, 0.3) is 0 Å². The van der Waals surface area contributed by atoms with Gasteiger partial charge in [-0.3, -0.25) is 4.79 Å². The Bertz CT molecular complexity index is 1100. The summed E-state index contributed by atoms with van der Waals surface area (Å²) in [6.45, 7) is 3.13. The van der Waals surface area contributed by atoms with E-state index >= 15 is 0 Å². The van der Waals surface area contributed by atoms with Crippen LogP contribution < -0.4 is 19.1 Å². The molecule has 33 heavy (non-hydrogen) atoms. The van der Waals surface area contributed by atoms with Gasteiger partial charge in [-0.15, -0.1) is 0 Å². The van der Waals surface area contributed by atoms with E-state index in [0.717, 1.165) is 30.1 Å². The Labute approximate surface area is 199 Å². The molecule has 0 saturated carbocycles. The zero-order chi connectivity index (χ0) is 23.2. The van der Waals surface area contributed by atoms with E-state index in [1.54, 1.807) is 32.4 Å². The number of rotatable bonds is 7. The lowest BCUT2D eigenvalue weighted by molar-refractivity contribution is 0.0746. The van der Waals surface area contributed by atoms with Crippen LogP contribution in [-0.2, 0) is 6.61 Å². The molecule has 1 aliphatic rings. The van der Waals surface area contributed by atoms with E-state index in [1.165, 1.54) is 0 Å². The van der Waals surface area contributed by atoms with Gasteiger partial charge in [0.2, 0.25) is 0 Å². The van der Waals surface area contributed by atoms with Gasteiger partial charge in [0.05, 0.1) is 19.9 Å². The predicted molar refractivity (Wildman–Crippen MR) is 130 cm³/mol. The predicted octanol–water partition coefficient (Wildman–Crippen LogP) is 4.90. The normalized spacial score (nSPS) is 13.5. The smallest absolute Gasteiger partial charge is 0.254 e. The number of anilines is 1. The lowest BCUT2D eigenvalue weighted by atomic mass is 10.1. The number of hydrogen-bond donors (Lipinski definition) is 0. The van der Waals surface area contributed by atoms with Crippen molar-refractivity contribution < 1.29 is 19.0 Å². The van der Waals surface area contributed by atoms with Crippen molar-refractivity contribution in [3.63, 3.8) is 0 Å². The van der Waals surface area contributed by atoms with Gasteiger partial charge in [0.25, 0.3) is 5.91 Å². The van der Waals surface area contributed by atoms with Crippen LogP contribution in [0.1, 0.15) is 15.9 Å². The number of para-hydroxylation sites is 2. The highest BCUT2D eigenvalue weighted by Gasteiger charge is 2.24. The summed E-state index contributed by atoms with van der Waals surface area (Å²) in [5.41, 5.74) is 2.63. The number of methoxy groups -OCH3 is 2.